The molecule has 3 fully saturated rings. The molecule has 252 valence electrons. The Kier molecular flexibility index (Phi) is 8.12. The van der Waals surface area contributed by atoms with Crippen molar-refractivity contribution >= 4 is 55.3 Å². The molecule has 0 saturated carbocycles. The van der Waals surface area contributed by atoms with Crippen LogP contribution in [0.3, 0.4) is 0 Å². The summed E-state index contributed by atoms with van der Waals surface area (Å²) in [5.41, 5.74) is 4.11. The number of benzene rings is 1. The van der Waals surface area contributed by atoms with Crippen LogP contribution in [0.2, 0.25) is 5.02 Å². The topological polar surface area (TPSA) is 295 Å². The van der Waals surface area contributed by atoms with E-state index in [0.717, 1.165) is 21.8 Å². The van der Waals surface area contributed by atoms with Crippen molar-refractivity contribution in [2.75, 3.05) is 18.9 Å². The SMILES string of the molecule is Nc1nc2c(ncn2[C@@H]2O[C@@H]3COP(=O)(O)O[C@H]4[C@@H](O)[C@H](n5cnc6cccc(Cl)c6c5=O)O[C@@H]4COP(=O)(O)O[C@@H]2[C@@H]3O)c(=O)[nH]1. The predicted molar refractivity (Wildman–Crippen MR) is 155 cm³/mol. The van der Waals surface area contributed by atoms with Gasteiger partial charge in [-0.25, -0.2) is 19.1 Å². The van der Waals surface area contributed by atoms with Crippen molar-refractivity contribution in [3.63, 3.8) is 0 Å². The van der Waals surface area contributed by atoms with E-state index in [9.17, 15) is 38.7 Å². The van der Waals surface area contributed by atoms with E-state index in [-0.39, 0.29) is 33.0 Å². The monoisotopic (exact) mass is 719 g/mol. The average Bonchev–Trinajstić information content (AvgIpc) is 3.65. The molecule has 1 aromatic carbocycles. The second kappa shape index (κ2) is 11.8. The standard InChI is InChI=1S/C23H24ClN7O14P2/c24-8-2-1-3-9-12(8)20(35)31(6-26-9)21-15(33)16-11(43-21)5-41-47(38,39)45-17-14(32)10(4-40-46(36,37)44-16)42-22(17)30-7-27-13-18(30)28-23(25)29-19(13)34/h1-3,6-7,10-11,14-17,21-22,32-33H,4-5H2,(H,36,37)(H,38,39)(H3,25,28,29,34)/t10-,11-,14-,15-,16-,17-,21-,22-/m1/s1. The zero-order valence-electron chi connectivity index (χ0n) is 23.4. The van der Waals surface area contributed by atoms with Crippen molar-refractivity contribution < 1.29 is 56.7 Å². The molecule has 10 atom stereocenters. The number of hydrogen-bond donors (Lipinski definition) is 6. The molecule has 0 amide bonds. The quantitative estimate of drug-likeness (QED) is 0.140. The number of aliphatic hydroxyl groups is 2. The van der Waals surface area contributed by atoms with E-state index in [0.29, 0.717) is 0 Å². The fourth-order valence-corrected chi connectivity index (χ4v) is 7.71. The van der Waals surface area contributed by atoms with E-state index in [4.69, 9.17) is 44.9 Å². The smallest absolute Gasteiger partial charge is 0.387 e. The van der Waals surface area contributed by atoms with Gasteiger partial charge in [-0.05, 0) is 12.1 Å². The molecular weight excluding hydrogens is 696 g/mol. The lowest BCUT2D eigenvalue weighted by molar-refractivity contribution is -0.0681. The Morgan fingerprint density at radius 3 is 2.32 bits per heavy atom. The van der Waals surface area contributed by atoms with E-state index >= 15 is 0 Å². The van der Waals surface area contributed by atoms with E-state index in [1.54, 1.807) is 6.07 Å². The minimum Gasteiger partial charge on any atom is -0.387 e. The molecule has 2 bridgehead atoms. The molecule has 47 heavy (non-hydrogen) atoms. The number of rotatable bonds is 2. The molecular formula is C23H24ClN7O14P2. The lowest BCUT2D eigenvalue weighted by Gasteiger charge is -2.25. The number of aromatic nitrogens is 6. The number of aliphatic hydroxyl groups excluding tert-OH is 2. The predicted octanol–water partition coefficient (Wildman–Crippen LogP) is -0.700. The molecule has 0 aliphatic carbocycles. The van der Waals surface area contributed by atoms with Crippen LogP contribution in [0, 0.1) is 0 Å². The Morgan fingerprint density at radius 2 is 1.57 bits per heavy atom. The number of phosphoric ester groups is 2. The molecule has 0 radical (unpaired) electrons. The lowest BCUT2D eigenvalue weighted by Crippen LogP contribution is -2.37. The van der Waals surface area contributed by atoms with Gasteiger partial charge in [-0.3, -0.25) is 41.8 Å². The summed E-state index contributed by atoms with van der Waals surface area (Å²) in [6.45, 7) is -1.77. The van der Waals surface area contributed by atoms with E-state index in [1.807, 2.05) is 0 Å². The summed E-state index contributed by atoms with van der Waals surface area (Å²) in [5.74, 6) is -0.298. The van der Waals surface area contributed by atoms with Crippen LogP contribution in [0.4, 0.5) is 5.95 Å². The molecule has 24 heteroatoms. The Labute approximate surface area is 265 Å². The normalized spacial score (nSPS) is 36.5. The minimum atomic E-state index is -5.17. The number of anilines is 1. The fourth-order valence-electron chi connectivity index (χ4n) is 5.56. The number of fused-ring (bicyclic) bond motifs is 5. The first-order valence-electron chi connectivity index (χ1n) is 13.6. The lowest BCUT2D eigenvalue weighted by atomic mass is 10.1. The van der Waals surface area contributed by atoms with Gasteiger partial charge in [-0.2, -0.15) is 4.98 Å². The van der Waals surface area contributed by atoms with Gasteiger partial charge in [0, 0.05) is 0 Å². The van der Waals surface area contributed by atoms with Gasteiger partial charge in [0.25, 0.3) is 11.1 Å². The maximum absolute atomic E-state index is 13.3. The van der Waals surface area contributed by atoms with Crippen molar-refractivity contribution in [3.8, 4) is 0 Å². The summed E-state index contributed by atoms with van der Waals surface area (Å²) < 4.78 is 60.5. The number of phosphoric acid groups is 2. The van der Waals surface area contributed by atoms with Gasteiger partial charge in [0.2, 0.25) is 5.95 Å². The molecule has 3 saturated heterocycles. The highest BCUT2D eigenvalue weighted by molar-refractivity contribution is 7.47. The van der Waals surface area contributed by atoms with Crippen LogP contribution in [0.1, 0.15) is 12.5 Å². The van der Waals surface area contributed by atoms with Crippen LogP contribution in [0.5, 0.6) is 0 Å². The molecule has 2 unspecified atom stereocenters. The highest BCUT2D eigenvalue weighted by Crippen LogP contribution is 2.53. The summed E-state index contributed by atoms with van der Waals surface area (Å²) in [6, 6.07) is 4.56. The molecule has 0 spiro atoms. The summed E-state index contributed by atoms with van der Waals surface area (Å²) in [6.07, 6.45) is -11.3. The van der Waals surface area contributed by atoms with Crippen molar-refractivity contribution in [1.29, 1.82) is 0 Å². The number of H-pyrrole nitrogens is 1. The van der Waals surface area contributed by atoms with Crippen LogP contribution in [-0.2, 0) is 36.7 Å². The second-order valence-electron chi connectivity index (χ2n) is 10.6. The number of hydrogen-bond acceptors (Lipinski definition) is 16. The van der Waals surface area contributed by atoms with E-state index in [2.05, 4.69) is 19.9 Å². The van der Waals surface area contributed by atoms with Crippen molar-refractivity contribution in [1.82, 2.24) is 29.1 Å². The second-order valence-corrected chi connectivity index (χ2v) is 13.9. The number of halogens is 1. The van der Waals surface area contributed by atoms with Crippen molar-refractivity contribution in [2.45, 2.75) is 49.1 Å². The molecule has 3 aliphatic heterocycles. The van der Waals surface area contributed by atoms with Crippen LogP contribution in [-0.4, -0.2) is 98.9 Å². The molecule has 4 aromatic rings. The molecule has 7 rings (SSSR count). The molecule has 6 heterocycles. The highest BCUT2D eigenvalue weighted by atomic mass is 35.5. The maximum atomic E-state index is 13.3. The average molecular weight is 720 g/mol. The fraction of sp³-hybridized carbons (Fsp3) is 0.435. The number of nitrogens with one attached hydrogen (secondary N) is 1. The van der Waals surface area contributed by atoms with Gasteiger partial charge in [-0.1, -0.05) is 17.7 Å². The Bertz CT molecular complexity index is 2090. The number of ether oxygens (including phenoxy) is 2. The molecule has 21 nitrogen and oxygen atoms in total. The van der Waals surface area contributed by atoms with E-state index < -0.39 is 89.1 Å². The minimum absolute atomic E-state index is 0.00653. The molecule has 7 N–H and O–H groups in total. The first-order valence-corrected chi connectivity index (χ1v) is 17.0. The Balaban J connectivity index is 1.21. The Hall–Kier alpha value is -3.14. The first-order chi connectivity index (χ1) is 22.2. The van der Waals surface area contributed by atoms with Crippen molar-refractivity contribution in [2.24, 2.45) is 0 Å². The largest absolute Gasteiger partial charge is 0.472 e. The van der Waals surface area contributed by atoms with Crippen LogP contribution >= 0.6 is 27.2 Å². The number of aromatic amines is 1. The van der Waals surface area contributed by atoms with E-state index in [1.165, 1.54) is 12.1 Å². The zero-order valence-corrected chi connectivity index (χ0v) is 25.9. The summed E-state index contributed by atoms with van der Waals surface area (Å²) in [4.78, 5) is 61.3. The third kappa shape index (κ3) is 5.82. The number of nitrogens with two attached hydrogens (primary N) is 1. The van der Waals surface area contributed by atoms with Gasteiger partial charge in [0.1, 0.15) is 43.0 Å². The van der Waals surface area contributed by atoms with Crippen LogP contribution < -0.4 is 16.9 Å². The van der Waals surface area contributed by atoms with Gasteiger partial charge in [0.15, 0.2) is 23.6 Å². The van der Waals surface area contributed by atoms with Crippen LogP contribution in [0.15, 0.2) is 40.4 Å². The highest BCUT2D eigenvalue weighted by Gasteiger charge is 2.54. The third-order valence-electron chi connectivity index (χ3n) is 7.70. The Morgan fingerprint density at radius 1 is 0.915 bits per heavy atom. The van der Waals surface area contributed by atoms with Crippen LogP contribution in [0.25, 0.3) is 22.1 Å². The summed E-state index contributed by atoms with van der Waals surface area (Å²) in [5, 5.41) is 22.2. The summed E-state index contributed by atoms with van der Waals surface area (Å²) >= 11 is 6.20. The van der Waals surface area contributed by atoms with Gasteiger partial charge in [-0.15, -0.1) is 0 Å². The number of imidazole rings is 1. The maximum Gasteiger partial charge on any atom is 0.472 e. The number of nitrogen functional groups attached to an aromatic ring is 1. The van der Waals surface area contributed by atoms with Crippen molar-refractivity contribution in [3.05, 3.63) is 56.6 Å². The number of nitrogens with zero attached hydrogens (tertiary/aromatic N) is 5. The first kappa shape index (κ1) is 32.4. The zero-order chi connectivity index (χ0) is 33.4. The molecule has 3 aromatic heterocycles. The third-order valence-corrected chi connectivity index (χ3v) is 9.98. The molecule has 3 aliphatic rings. The van der Waals surface area contributed by atoms with Gasteiger partial charge >= 0.3 is 15.6 Å². The van der Waals surface area contributed by atoms with Gasteiger partial charge in [0.05, 0.1) is 35.5 Å². The van der Waals surface area contributed by atoms with Gasteiger partial charge < -0.3 is 35.2 Å². The summed E-state index contributed by atoms with van der Waals surface area (Å²) in [7, 11) is -10.3.